The Kier molecular flexibility index (Phi) is 5.04. The molecule has 0 aliphatic rings. The topological polar surface area (TPSA) is 35.2 Å². The lowest BCUT2D eigenvalue weighted by Crippen LogP contribution is -2.23. The highest BCUT2D eigenvalue weighted by molar-refractivity contribution is 7.99. The number of rotatable bonds is 5. The fourth-order valence-corrected chi connectivity index (χ4v) is 3.14. The summed E-state index contributed by atoms with van der Waals surface area (Å²) in [6.45, 7) is 1.97. The molecule has 0 heterocycles. The molecule has 2 rings (SSSR count). The van der Waals surface area contributed by atoms with Crippen molar-refractivity contribution in [3.05, 3.63) is 59.9 Å². The predicted octanol–water partition coefficient (Wildman–Crippen LogP) is 4.01. The molecule has 106 valence electrons. The van der Waals surface area contributed by atoms with Crippen molar-refractivity contribution in [2.45, 2.75) is 23.1 Å². The van der Waals surface area contributed by atoms with Crippen LogP contribution in [-0.4, -0.2) is 13.2 Å². The first-order valence-electron chi connectivity index (χ1n) is 6.42. The van der Waals surface area contributed by atoms with Crippen LogP contribution in [0.5, 0.6) is 5.75 Å². The van der Waals surface area contributed by atoms with Crippen LogP contribution in [0.3, 0.4) is 0 Å². The standard InChI is InChI=1S/C16H18FNOS/c1-11(18)16(14-5-3-4-6-15(14)19-2)20-13-9-7-12(17)8-10-13/h3-11,16H,18H2,1-2H3. The van der Waals surface area contributed by atoms with Gasteiger partial charge in [-0.05, 0) is 37.3 Å². The summed E-state index contributed by atoms with van der Waals surface area (Å²) in [4.78, 5) is 0.986. The molecule has 0 aliphatic heterocycles. The Balaban J connectivity index is 2.29. The van der Waals surface area contributed by atoms with E-state index in [1.54, 1.807) is 31.0 Å². The molecule has 20 heavy (non-hydrogen) atoms. The number of para-hydroxylation sites is 1. The van der Waals surface area contributed by atoms with E-state index >= 15 is 0 Å². The molecule has 2 aromatic rings. The molecule has 0 aromatic heterocycles. The molecule has 4 heteroatoms. The zero-order valence-corrected chi connectivity index (χ0v) is 12.4. The Morgan fingerprint density at radius 3 is 2.35 bits per heavy atom. The van der Waals surface area contributed by atoms with Gasteiger partial charge in [-0.3, -0.25) is 0 Å². The lowest BCUT2D eigenvalue weighted by atomic mass is 10.1. The smallest absolute Gasteiger partial charge is 0.123 e. The van der Waals surface area contributed by atoms with Gasteiger partial charge in [0.15, 0.2) is 0 Å². The highest BCUT2D eigenvalue weighted by atomic mass is 32.2. The normalized spacial score (nSPS) is 13.8. The van der Waals surface area contributed by atoms with Crippen LogP contribution in [-0.2, 0) is 0 Å². The minimum absolute atomic E-state index is 0.0524. The largest absolute Gasteiger partial charge is 0.496 e. The number of ether oxygens (including phenoxy) is 1. The SMILES string of the molecule is COc1ccccc1C(Sc1ccc(F)cc1)C(C)N. The van der Waals surface area contributed by atoms with Crippen molar-refractivity contribution in [3.8, 4) is 5.75 Å². The molecular weight excluding hydrogens is 273 g/mol. The van der Waals surface area contributed by atoms with E-state index in [2.05, 4.69) is 0 Å². The molecule has 2 unspecified atom stereocenters. The average molecular weight is 291 g/mol. The van der Waals surface area contributed by atoms with Crippen LogP contribution in [0.2, 0.25) is 0 Å². The van der Waals surface area contributed by atoms with Crippen LogP contribution in [0.15, 0.2) is 53.4 Å². The number of thioether (sulfide) groups is 1. The number of benzene rings is 2. The van der Waals surface area contributed by atoms with Gasteiger partial charge in [0.1, 0.15) is 11.6 Å². The summed E-state index contributed by atoms with van der Waals surface area (Å²) >= 11 is 1.62. The number of halogens is 1. The molecule has 0 bridgehead atoms. The van der Waals surface area contributed by atoms with Crippen molar-refractivity contribution in [2.24, 2.45) is 5.73 Å². The second kappa shape index (κ2) is 6.77. The minimum atomic E-state index is -0.232. The summed E-state index contributed by atoms with van der Waals surface area (Å²) in [7, 11) is 1.65. The molecule has 0 spiro atoms. The van der Waals surface area contributed by atoms with E-state index < -0.39 is 0 Å². The molecule has 0 amide bonds. The van der Waals surface area contributed by atoms with Crippen LogP contribution in [0, 0.1) is 5.82 Å². The van der Waals surface area contributed by atoms with Crippen LogP contribution < -0.4 is 10.5 Å². The maximum Gasteiger partial charge on any atom is 0.123 e. The van der Waals surface area contributed by atoms with Crippen LogP contribution in [0.25, 0.3) is 0 Å². The second-order valence-corrected chi connectivity index (χ2v) is 5.81. The third-order valence-electron chi connectivity index (χ3n) is 3.00. The average Bonchev–Trinajstić information content (AvgIpc) is 2.46. The molecule has 2 aromatic carbocycles. The van der Waals surface area contributed by atoms with Crippen molar-refractivity contribution < 1.29 is 9.13 Å². The number of methoxy groups -OCH3 is 1. The molecule has 0 aliphatic carbocycles. The summed E-state index contributed by atoms with van der Waals surface area (Å²) in [6, 6.07) is 14.3. The van der Waals surface area contributed by atoms with Gasteiger partial charge >= 0.3 is 0 Å². The molecule has 0 saturated heterocycles. The van der Waals surface area contributed by atoms with Gasteiger partial charge in [-0.15, -0.1) is 11.8 Å². The van der Waals surface area contributed by atoms with Crippen molar-refractivity contribution in [1.29, 1.82) is 0 Å². The van der Waals surface area contributed by atoms with E-state index in [1.165, 1.54) is 12.1 Å². The fraction of sp³-hybridized carbons (Fsp3) is 0.250. The van der Waals surface area contributed by atoms with Gasteiger partial charge in [-0.2, -0.15) is 0 Å². The predicted molar refractivity (Wildman–Crippen MR) is 81.6 cm³/mol. The highest BCUT2D eigenvalue weighted by Crippen LogP contribution is 2.40. The summed E-state index contributed by atoms with van der Waals surface area (Å²) in [5.74, 6) is 0.591. The number of hydrogen-bond acceptors (Lipinski definition) is 3. The van der Waals surface area contributed by atoms with E-state index in [-0.39, 0.29) is 17.1 Å². The summed E-state index contributed by atoms with van der Waals surface area (Å²) in [6.07, 6.45) is 0. The third-order valence-corrected chi connectivity index (χ3v) is 4.48. The van der Waals surface area contributed by atoms with E-state index in [9.17, 15) is 4.39 Å². The number of nitrogens with two attached hydrogens (primary N) is 1. The Morgan fingerprint density at radius 2 is 1.75 bits per heavy atom. The van der Waals surface area contributed by atoms with Crippen molar-refractivity contribution in [1.82, 2.24) is 0 Å². The third kappa shape index (κ3) is 3.52. The molecule has 2 atom stereocenters. The zero-order valence-electron chi connectivity index (χ0n) is 11.5. The van der Waals surface area contributed by atoms with Crippen molar-refractivity contribution >= 4 is 11.8 Å². The second-order valence-electron chi connectivity index (χ2n) is 4.59. The Labute approximate surface area is 123 Å². The quantitative estimate of drug-likeness (QED) is 0.845. The Hall–Kier alpha value is -1.52. The molecule has 0 saturated carbocycles. The first kappa shape index (κ1) is 14.9. The van der Waals surface area contributed by atoms with Gasteiger partial charge < -0.3 is 10.5 Å². The van der Waals surface area contributed by atoms with E-state index in [1.807, 2.05) is 31.2 Å². The van der Waals surface area contributed by atoms with Crippen LogP contribution >= 0.6 is 11.8 Å². The molecular formula is C16H18FNOS. The summed E-state index contributed by atoms with van der Waals surface area (Å²) < 4.78 is 18.4. The molecule has 2 N–H and O–H groups in total. The van der Waals surface area contributed by atoms with Crippen molar-refractivity contribution in [2.75, 3.05) is 7.11 Å². The van der Waals surface area contributed by atoms with Crippen LogP contribution in [0.4, 0.5) is 4.39 Å². The fourth-order valence-electron chi connectivity index (χ4n) is 2.02. The first-order chi connectivity index (χ1) is 9.61. The lowest BCUT2D eigenvalue weighted by Gasteiger charge is -2.22. The van der Waals surface area contributed by atoms with Gasteiger partial charge in [0.2, 0.25) is 0 Å². The summed E-state index contributed by atoms with van der Waals surface area (Å²) in [5, 5.41) is 0.0524. The summed E-state index contributed by atoms with van der Waals surface area (Å²) in [5.41, 5.74) is 7.17. The van der Waals surface area contributed by atoms with Gasteiger partial charge in [0, 0.05) is 16.5 Å². The van der Waals surface area contributed by atoms with E-state index in [0.29, 0.717) is 0 Å². The van der Waals surface area contributed by atoms with E-state index in [4.69, 9.17) is 10.5 Å². The maximum absolute atomic E-state index is 13.0. The van der Waals surface area contributed by atoms with Gasteiger partial charge in [-0.1, -0.05) is 18.2 Å². The van der Waals surface area contributed by atoms with Gasteiger partial charge in [-0.25, -0.2) is 4.39 Å². The highest BCUT2D eigenvalue weighted by Gasteiger charge is 2.21. The van der Waals surface area contributed by atoms with E-state index in [0.717, 1.165) is 16.2 Å². The van der Waals surface area contributed by atoms with Crippen molar-refractivity contribution in [3.63, 3.8) is 0 Å². The van der Waals surface area contributed by atoms with Crippen LogP contribution in [0.1, 0.15) is 17.7 Å². The Bertz CT molecular complexity index is 557. The minimum Gasteiger partial charge on any atom is -0.496 e. The lowest BCUT2D eigenvalue weighted by molar-refractivity contribution is 0.408. The van der Waals surface area contributed by atoms with Gasteiger partial charge in [0.05, 0.1) is 12.4 Å². The van der Waals surface area contributed by atoms with Gasteiger partial charge in [0.25, 0.3) is 0 Å². The first-order valence-corrected chi connectivity index (χ1v) is 7.30. The monoisotopic (exact) mass is 291 g/mol. The number of hydrogen-bond donors (Lipinski definition) is 1. The molecule has 2 nitrogen and oxygen atoms in total. The Morgan fingerprint density at radius 1 is 1.10 bits per heavy atom. The maximum atomic E-state index is 13.0. The molecule has 0 fully saturated rings. The molecule has 0 radical (unpaired) electrons. The zero-order chi connectivity index (χ0) is 14.5.